The summed E-state index contributed by atoms with van der Waals surface area (Å²) in [6.45, 7) is 3.79. The number of rotatable bonds is 3. The molecular formula is C16H17F2N. The van der Waals surface area contributed by atoms with Crippen molar-refractivity contribution in [3.63, 3.8) is 0 Å². The molecule has 19 heavy (non-hydrogen) atoms. The Kier molecular flexibility index (Phi) is 3.67. The number of hydrogen-bond donors (Lipinski definition) is 1. The van der Waals surface area contributed by atoms with Crippen molar-refractivity contribution in [1.29, 1.82) is 0 Å². The predicted octanol–water partition coefficient (Wildman–Crippen LogP) is 3.69. The third-order valence-electron chi connectivity index (χ3n) is 3.37. The minimum Gasteiger partial charge on any atom is -0.321 e. The van der Waals surface area contributed by atoms with Gasteiger partial charge in [0.1, 0.15) is 11.6 Å². The highest BCUT2D eigenvalue weighted by atomic mass is 19.1. The zero-order valence-corrected chi connectivity index (χ0v) is 11.1. The van der Waals surface area contributed by atoms with E-state index in [2.05, 4.69) is 0 Å². The van der Waals surface area contributed by atoms with Gasteiger partial charge in [0.2, 0.25) is 0 Å². The van der Waals surface area contributed by atoms with Gasteiger partial charge in [-0.2, -0.15) is 0 Å². The molecule has 0 bridgehead atoms. The van der Waals surface area contributed by atoms with E-state index in [4.69, 9.17) is 5.73 Å². The smallest absolute Gasteiger partial charge is 0.123 e. The summed E-state index contributed by atoms with van der Waals surface area (Å²) in [6, 6.07) is 10.8. The molecule has 1 unspecified atom stereocenters. The number of benzene rings is 2. The summed E-state index contributed by atoms with van der Waals surface area (Å²) in [6.07, 6.45) is 0.502. The number of aryl methyl sites for hydroxylation is 1. The molecule has 0 heterocycles. The van der Waals surface area contributed by atoms with Gasteiger partial charge < -0.3 is 5.73 Å². The summed E-state index contributed by atoms with van der Waals surface area (Å²) in [7, 11) is 0. The summed E-state index contributed by atoms with van der Waals surface area (Å²) in [4.78, 5) is 0. The van der Waals surface area contributed by atoms with Crippen molar-refractivity contribution in [1.82, 2.24) is 0 Å². The minimum atomic E-state index is -0.660. The molecule has 2 rings (SSSR count). The lowest BCUT2D eigenvalue weighted by Crippen LogP contribution is -2.35. The maximum Gasteiger partial charge on any atom is 0.123 e. The van der Waals surface area contributed by atoms with E-state index < -0.39 is 5.54 Å². The number of halogens is 2. The third-order valence-corrected chi connectivity index (χ3v) is 3.37. The first-order valence-corrected chi connectivity index (χ1v) is 6.18. The Hall–Kier alpha value is -1.74. The first kappa shape index (κ1) is 13.7. The summed E-state index contributed by atoms with van der Waals surface area (Å²) in [5, 5.41) is 0. The van der Waals surface area contributed by atoms with Gasteiger partial charge in [-0.3, -0.25) is 0 Å². The maximum absolute atomic E-state index is 13.3. The zero-order chi connectivity index (χ0) is 14.0. The number of nitrogens with two attached hydrogens (primary N) is 1. The molecule has 0 aliphatic heterocycles. The first-order chi connectivity index (χ1) is 8.88. The van der Waals surface area contributed by atoms with Crippen molar-refractivity contribution in [2.75, 3.05) is 0 Å². The van der Waals surface area contributed by atoms with Crippen LogP contribution in [0.2, 0.25) is 0 Å². The second-order valence-corrected chi connectivity index (χ2v) is 5.17. The third kappa shape index (κ3) is 3.18. The van der Waals surface area contributed by atoms with Gasteiger partial charge in [0.05, 0.1) is 0 Å². The minimum absolute atomic E-state index is 0.268. The monoisotopic (exact) mass is 261 g/mol. The fourth-order valence-corrected chi connectivity index (χ4v) is 2.16. The van der Waals surface area contributed by atoms with Gasteiger partial charge in [-0.15, -0.1) is 0 Å². The van der Waals surface area contributed by atoms with E-state index in [1.807, 2.05) is 13.8 Å². The molecule has 0 saturated heterocycles. The Morgan fingerprint density at radius 2 is 1.58 bits per heavy atom. The summed E-state index contributed by atoms with van der Waals surface area (Å²) >= 11 is 0. The zero-order valence-electron chi connectivity index (χ0n) is 11.1. The van der Waals surface area contributed by atoms with E-state index in [1.54, 1.807) is 18.2 Å². The normalized spacial score (nSPS) is 14.2. The van der Waals surface area contributed by atoms with Crippen molar-refractivity contribution in [2.24, 2.45) is 5.73 Å². The van der Waals surface area contributed by atoms with Gasteiger partial charge in [0.15, 0.2) is 0 Å². The molecule has 3 heteroatoms. The average molecular weight is 261 g/mol. The van der Waals surface area contributed by atoms with Crippen LogP contribution in [0.15, 0.2) is 42.5 Å². The Morgan fingerprint density at radius 3 is 2.21 bits per heavy atom. The Balaban J connectivity index is 2.30. The van der Waals surface area contributed by atoms with Gasteiger partial charge in [-0.05, 0) is 61.2 Å². The molecule has 2 aromatic rings. The molecular weight excluding hydrogens is 244 g/mol. The second-order valence-electron chi connectivity index (χ2n) is 5.17. The summed E-state index contributed by atoms with van der Waals surface area (Å²) in [5.74, 6) is -0.558. The molecule has 0 aliphatic rings. The maximum atomic E-state index is 13.3. The SMILES string of the molecule is Cc1ccc(F)cc1CC(C)(N)c1ccc(F)cc1. The molecule has 0 aromatic heterocycles. The van der Waals surface area contributed by atoms with Crippen LogP contribution in [-0.4, -0.2) is 0 Å². The number of hydrogen-bond acceptors (Lipinski definition) is 1. The van der Waals surface area contributed by atoms with E-state index in [-0.39, 0.29) is 11.6 Å². The fourth-order valence-electron chi connectivity index (χ4n) is 2.16. The topological polar surface area (TPSA) is 26.0 Å². The van der Waals surface area contributed by atoms with Gasteiger partial charge >= 0.3 is 0 Å². The summed E-state index contributed by atoms with van der Waals surface area (Å²) in [5.41, 5.74) is 8.33. The molecule has 0 fully saturated rings. The van der Waals surface area contributed by atoms with Gasteiger partial charge in [0, 0.05) is 5.54 Å². The highest BCUT2D eigenvalue weighted by Crippen LogP contribution is 2.25. The van der Waals surface area contributed by atoms with Gasteiger partial charge in [-0.25, -0.2) is 8.78 Å². The van der Waals surface area contributed by atoms with E-state index in [9.17, 15) is 8.78 Å². The molecule has 0 amide bonds. The molecule has 0 aliphatic carbocycles. The van der Waals surface area contributed by atoms with Crippen molar-refractivity contribution in [3.05, 3.63) is 70.8 Å². The van der Waals surface area contributed by atoms with E-state index in [1.165, 1.54) is 24.3 Å². The van der Waals surface area contributed by atoms with Crippen LogP contribution >= 0.6 is 0 Å². The van der Waals surface area contributed by atoms with E-state index >= 15 is 0 Å². The van der Waals surface area contributed by atoms with Crippen LogP contribution in [0.4, 0.5) is 8.78 Å². The molecule has 1 nitrogen and oxygen atoms in total. The van der Waals surface area contributed by atoms with E-state index in [0.717, 1.165) is 16.7 Å². The first-order valence-electron chi connectivity index (χ1n) is 6.18. The largest absolute Gasteiger partial charge is 0.321 e. The Labute approximate surface area is 112 Å². The van der Waals surface area contributed by atoms with Gasteiger partial charge in [0.25, 0.3) is 0 Å². The van der Waals surface area contributed by atoms with Crippen molar-refractivity contribution >= 4 is 0 Å². The van der Waals surface area contributed by atoms with Gasteiger partial charge in [-0.1, -0.05) is 18.2 Å². The molecule has 100 valence electrons. The Bertz CT molecular complexity index is 574. The van der Waals surface area contributed by atoms with Crippen LogP contribution in [0, 0.1) is 18.6 Å². The fraction of sp³-hybridized carbons (Fsp3) is 0.250. The quantitative estimate of drug-likeness (QED) is 0.896. The molecule has 1 atom stereocenters. The van der Waals surface area contributed by atoms with Crippen molar-refractivity contribution in [2.45, 2.75) is 25.8 Å². The molecule has 2 aromatic carbocycles. The lowest BCUT2D eigenvalue weighted by molar-refractivity contribution is 0.487. The van der Waals surface area contributed by atoms with Crippen LogP contribution < -0.4 is 5.73 Å². The molecule has 0 saturated carbocycles. The van der Waals surface area contributed by atoms with E-state index in [0.29, 0.717) is 6.42 Å². The average Bonchev–Trinajstić information content (AvgIpc) is 2.34. The van der Waals surface area contributed by atoms with Crippen molar-refractivity contribution < 1.29 is 8.78 Å². The summed E-state index contributed by atoms with van der Waals surface area (Å²) < 4.78 is 26.2. The highest BCUT2D eigenvalue weighted by molar-refractivity contribution is 5.32. The van der Waals surface area contributed by atoms with Crippen LogP contribution in [0.5, 0.6) is 0 Å². The predicted molar refractivity (Wildman–Crippen MR) is 72.8 cm³/mol. The Morgan fingerprint density at radius 1 is 1.00 bits per heavy atom. The van der Waals surface area contributed by atoms with Crippen LogP contribution in [0.1, 0.15) is 23.6 Å². The van der Waals surface area contributed by atoms with Crippen LogP contribution in [-0.2, 0) is 12.0 Å². The lowest BCUT2D eigenvalue weighted by Gasteiger charge is -2.26. The highest BCUT2D eigenvalue weighted by Gasteiger charge is 2.22. The molecule has 0 spiro atoms. The molecule has 0 radical (unpaired) electrons. The second kappa shape index (κ2) is 5.10. The van der Waals surface area contributed by atoms with Crippen LogP contribution in [0.25, 0.3) is 0 Å². The van der Waals surface area contributed by atoms with Crippen LogP contribution in [0.3, 0.4) is 0 Å². The standard InChI is InChI=1S/C16H17F2N/c1-11-3-6-15(18)9-12(11)10-16(2,19)13-4-7-14(17)8-5-13/h3-9H,10,19H2,1-2H3. The van der Waals surface area contributed by atoms with Crippen molar-refractivity contribution in [3.8, 4) is 0 Å². The molecule has 2 N–H and O–H groups in total. The lowest BCUT2D eigenvalue weighted by atomic mass is 9.85.